The molecule has 0 aromatic heterocycles. The lowest BCUT2D eigenvalue weighted by molar-refractivity contribution is -0.115. The Labute approximate surface area is 161 Å². The van der Waals surface area contributed by atoms with Gasteiger partial charge in [0.05, 0.1) is 9.38 Å². The Morgan fingerprint density at radius 2 is 2.15 bits per heavy atom. The lowest BCUT2D eigenvalue weighted by atomic mass is 10.2. The Balaban J connectivity index is 1.80. The molecule has 2 aromatic rings. The molecule has 1 amide bonds. The lowest BCUT2D eigenvalue weighted by Crippen LogP contribution is -2.19. The molecule has 1 saturated heterocycles. The first-order valence-electron chi connectivity index (χ1n) is 7.40. The molecule has 130 valence electrons. The van der Waals surface area contributed by atoms with Gasteiger partial charge in [0.2, 0.25) is 0 Å². The topological polar surface area (TPSA) is 74.5 Å². The number of rotatable bonds is 4. The van der Waals surface area contributed by atoms with Crippen LogP contribution in [0.3, 0.4) is 0 Å². The smallest absolute Gasteiger partial charge is 0.264 e. The lowest BCUT2D eigenvalue weighted by Gasteiger charge is -2.05. The van der Waals surface area contributed by atoms with Crippen molar-refractivity contribution in [2.24, 2.45) is 4.99 Å². The summed E-state index contributed by atoms with van der Waals surface area (Å²) in [5.41, 5.74) is 0.935. The molecule has 8 heteroatoms. The number of halogens is 2. The summed E-state index contributed by atoms with van der Waals surface area (Å²) in [5.74, 6) is -0.214. The fraction of sp³-hybridized carbons (Fsp3) is 0.0556. The van der Waals surface area contributed by atoms with Crippen LogP contribution in [0.15, 0.2) is 56.8 Å². The summed E-state index contributed by atoms with van der Waals surface area (Å²) < 4.78 is 19.6. The first-order chi connectivity index (χ1) is 12.6. The van der Waals surface area contributed by atoms with Crippen LogP contribution in [0.1, 0.15) is 5.56 Å². The summed E-state index contributed by atoms with van der Waals surface area (Å²) in [6, 6.07) is 13.3. The molecule has 0 bridgehead atoms. The van der Waals surface area contributed by atoms with Crippen LogP contribution in [0.4, 0.5) is 10.1 Å². The van der Waals surface area contributed by atoms with Crippen LogP contribution in [0.2, 0.25) is 0 Å². The molecular formula is C18H11BrFN3O2S. The van der Waals surface area contributed by atoms with Gasteiger partial charge in [0.15, 0.2) is 11.8 Å². The van der Waals surface area contributed by atoms with Gasteiger partial charge in [-0.3, -0.25) is 4.79 Å². The van der Waals surface area contributed by atoms with E-state index in [1.165, 1.54) is 12.1 Å². The van der Waals surface area contributed by atoms with E-state index in [4.69, 9.17) is 10.00 Å². The molecule has 5 nitrogen and oxygen atoms in total. The molecule has 1 N–H and O–H groups in total. The minimum Gasteiger partial charge on any atom is -0.478 e. The second-order valence-electron chi connectivity index (χ2n) is 5.07. The van der Waals surface area contributed by atoms with E-state index in [2.05, 4.69) is 26.2 Å². The number of hydrogen-bond acceptors (Lipinski definition) is 5. The van der Waals surface area contributed by atoms with Gasteiger partial charge in [0.25, 0.3) is 5.91 Å². The third kappa shape index (κ3) is 4.31. The van der Waals surface area contributed by atoms with Crippen LogP contribution in [0.25, 0.3) is 6.08 Å². The van der Waals surface area contributed by atoms with Crippen LogP contribution < -0.4 is 10.1 Å². The standard InChI is InChI=1S/C18H11BrFN3O2S/c19-12-9-11(5-6-15(12)25-8-7-21)10-16-17(24)23-18(26-16)22-14-4-2-1-3-13(14)20/h1-6,9-10H,8H2,(H,22,23,24)/b16-10-. The van der Waals surface area contributed by atoms with Gasteiger partial charge in [-0.2, -0.15) is 5.26 Å². The maximum Gasteiger partial charge on any atom is 0.264 e. The van der Waals surface area contributed by atoms with E-state index in [0.717, 1.165) is 17.3 Å². The fourth-order valence-corrected chi connectivity index (χ4v) is 3.46. The van der Waals surface area contributed by atoms with E-state index in [1.807, 2.05) is 6.07 Å². The normalized spacial score (nSPS) is 16.6. The predicted molar refractivity (Wildman–Crippen MR) is 102 cm³/mol. The van der Waals surface area contributed by atoms with Crippen molar-refractivity contribution in [3.05, 3.63) is 63.2 Å². The summed E-state index contributed by atoms with van der Waals surface area (Å²) in [6.45, 7) is -0.0484. The van der Waals surface area contributed by atoms with Crippen LogP contribution in [0.5, 0.6) is 5.75 Å². The SMILES string of the molecule is N#CCOc1ccc(/C=C2\SC(=Nc3ccccc3F)NC2=O)cc1Br. The van der Waals surface area contributed by atoms with Crippen molar-refractivity contribution in [1.82, 2.24) is 5.32 Å². The Bertz CT molecular complexity index is 969. The second kappa shape index (κ2) is 8.17. The van der Waals surface area contributed by atoms with Gasteiger partial charge in [-0.05, 0) is 63.6 Å². The van der Waals surface area contributed by atoms with Crippen molar-refractivity contribution in [3.63, 3.8) is 0 Å². The molecule has 1 fully saturated rings. The highest BCUT2D eigenvalue weighted by Crippen LogP contribution is 2.31. The number of carbonyl (C=O) groups excluding carboxylic acids is 1. The number of nitriles is 1. The van der Waals surface area contributed by atoms with Gasteiger partial charge in [0, 0.05) is 0 Å². The zero-order chi connectivity index (χ0) is 18.5. The van der Waals surface area contributed by atoms with E-state index in [-0.39, 0.29) is 18.2 Å². The Morgan fingerprint density at radius 1 is 1.35 bits per heavy atom. The molecule has 3 rings (SSSR count). The minimum atomic E-state index is -0.454. The highest BCUT2D eigenvalue weighted by atomic mass is 79.9. The van der Waals surface area contributed by atoms with Crippen molar-refractivity contribution >= 4 is 50.5 Å². The number of benzene rings is 2. The van der Waals surface area contributed by atoms with Crippen LogP contribution in [0, 0.1) is 17.1 Å². The molecule has 0 spiro atoms. The number of ether oxygens (including phenoxy) is 1. The molecule has 26 heavy (non-hydrogen) atoms. The number of nitrogens with one attached hydrogen (secondary N) is 1. The van der Waals surface area contributed by atoms with Crippen molar-refractivity contribution < 1.29 is 13.9 Å². The zero-order valence-electron chi connectivity index (χ0n) is 13.2. The zero-order valence-corrected chi connectivity index (χ0v) is 15.6. The summed E-state index contributed by atoms with van der Waals surface area (Å²) >= 11 is 4.50. The number of aliphatic imine (C=N–C) groups is 1. The van der Waals surface area contributed by atoms with E-state index < -0.39 is 5.82 Å². The number of hydrogen-bond donors (Lipinski definition) is 1. The molecule has 0 atom stereocenters. The van der Waals surface area contributed by atoms with Crippen LogP contribution in [-0.2, 0) is 4.79 Å². The third-order valence-corrected chi connectivity index (χ3v) is 4.80. The summed E-state index contributed by atoms with van der Waals surface area (Å²) in [5, 5.41) is 11.5. The first-order valence-corrected chi connectivity index (χ1v) is 9.01. The largest absolute Gasteiger partial charge is 0.478 e. The van der Waals surface area contributed by atoms with Crippen molar-refractivity contribution in [2.75, 3.05) is 6.61 Å². The van der Waals surface area contributed by atoms with E-state index in [9.17, 15) is 9.18 Å². The molecule has 2 aromatic carbocycles. The highest BCUT2D eigenvalue weighted by Gasteiger charge is 2.24. The van der Waals surface area contributed by atoms with Crippen molar-refractivity contribution in [3.8, 4) is 11.8 Å². The number of amides is 1. The average molecular weight is 432 g/mol. The van der Waals surface area contributed by atoms with Crippen molar-refractivity contribution in [2.45, 2.75) is 0 Å². The molecule has 1 aliphatic heterocycles. The van der Waals surface area contributed by atoms with Gasteiger partial charge in [-0.25, -0.2) is 9.38 Å². The predicted octanol–water partition coefficient (Wildman–Crippen LogP) is 4.38. The van der Waals surface area contributed by atoms with E-state index >= 15 is 0 Å². The fourth-order valence-electron chi connectivity index (χ4n) is 2.12. The monoisotopic (exact) mass is 431 g/mol. The first kappa shape index (κ1) is 18.2. The van der Waals surface area contributed by atoms with E-state index in [1.54, 1.807) is 36.4 Å². The van der Waals surface area contributed by atoms with Gasteiger partial charge in [-0.15, -0.1) is 0 Å². The Hall–Kier alpha value is -2.63. The second-order valence-corrected chi connectivity index (χ2v) is 6.95. The molecule has 0 saturated carbocycles. The summed E-state index contributed by atoms with van der Waals surface area (Å²) in [6.07, 6.45) is 1.70. The van der Waals surface area contributed by atoms with Gasteiger partial charge >= 0.3 is 0 Å². The summed E-state index contributed by atoms with van der Waals surface area (Å²) in [7, 11) is 0. The minimum absolute atomic E-state index is 0.0484. The summed E-state index contributed by atoms with van der Waals surface area (Å²) in [4.78, 5) is 16.7. The average Bonchev–Trinajstić information content (AvgIpc) is 2.95. The molecule has 0 aliphatic carbocycles. The van der Waals surface area contributed by atoms with Gasteiger partial charge < -0.3 is 10.1 Å². The molecular weight excluding hydrogens is 421 g/mol. The molecule has 0 unspecified atom stereocenters. The molecule has 1 aliphatic rings. The van der Waals surface area contributed by atoms with Crippen LogP contribution >= 0.6 is 27.7 Å². The Kier molecular flexibility index (Phi) is 5.71. The number of thioether (sulfide) groups is 1. The third-order valence-electron chi connectivity index (χ3n) is 3.27. The number of para-hydroxylation sites is 1. The van der Waals surface area contributed by atoms with Gasteiger partial charge in [-0.1, -0.05) is 18.2 Å². The Morgan fingerprint density at radius 3 is 2.88 bits per heavy atom. The highest BCUT2D eigenvalue weighted by molar-refractivity contribution is 9.10. The molecule has 0 radical (unpaired) electrons. The number of nitrogens with zero attached hydrogens (tertiary/aromatic N) is 2. The van der Waals surface area contributed by atoms with Gasteiger partial charge in [0.1, 0.15) is 23.3 Å². The van der Waals surface area contributed by atoms with Crippen LogP contribution in [-0.4, -0.2) is 17.7 Å². The number of carbonyl (C=O) groups is 1. The maximum absolute atomic E-state index is 13.7. The molecule has 1 heterocycles. The van der Waals surface area contributed by atoms with E-state index in [0.29, 0.717) is 20.3 Å². The van der Waals surface area contributed by atoms with Crippen molar-refractivity contribution in [1.29, 1.82) is 5.26 Å². The number of amidine groups is 1. The quantitative estimate of drug-likeness (QED) is 0.728. The maximum atomic E-state index is 13.7.